The van der Waals surface area contributed by atoms with Crippen LogP contribution in [0.15, 0.2) is 24.3 Å². The quantitative estimate of drug-likeness (QED) is 0.809. The summed E-state index contributed by atoms with van der Waals surface area (Å²) < 4.78 is 10.5. The van der Waals surface area contributed by atoms with Crippen molar-refractivity contribution in [2.24, 2.45) is 0 Å². The number of nitrogens with one attached hydrogen (secondary N) is 1. The minimum Gasteiger partial charge on any atom is -0.497 e. The molecule has 5 heteroatoms. The van der Waals surface area contributed by atoms with E-state index in [1.54, 1.807) is 31.6 Å². The first-order chi connectivity index (χ1) is 10.9. The number of benzene rings is 1. The monoisotopic (exact) mass is 335 g/mol. The third-order valence-electron chi connectivity index (χ3n) is 3.92. The van der Waals surface area contributed by atoms with Crippen molar-refractivity contribution in [1.82, 2.24) is 5.32 Å². The van der Waals surface area contributed by atoms with Crippen molar-refractivity contribution in [1.29, 1.82) is 0 Å². The van der Waals surface area contributed by atoms with Crippen LogP contribution in [0.3, 0.4) is 0 Å². The number of hydrogen-bond acceptors (Lipinski definition) is 5. The molecule has 0 bridgehead atoms. The molecule has 0 fully saturated rings. The number of rotatable bonds is 7. The van der Waals surface area contributed by atoms with Crippen LogP contribution in [0.25, 0.3) is 0 Å². The average Bonchev–Trinajstić information content (AvgIpc) is 2.90. The SMILES string of the molecule is COc1cc(OC)cc(C(O)CNC(C)c2cc(C)sc2C)c1. The summed E-state index contributed by atoms with van der Waals surface area (Å²) in [4.78, 5) is 2.63. The molecule has 2 N–H and O–H groups in total. The molecule has 0 saturated carbocycles. The van der Waals surface area contributed by atoms with Gasteiger partial charge in [0.05, 0.1) is 20.3 Å². The lowest BCUT2D eigenvalue weighted by Crippen LogP contribution is -2.24. The number of ether oxygens (including phenoxy) is 2. The number of aryl methyl sites for hydroxylation is 2. The summed E-state index contributed by atoms with van der Waals surface area (Å²) in [7, 11) is 3.21. The molecule has 2 rings (SSSR count). The van der Waals surface area contributed by atoms with Gasteiger partial charge in [0.25, 0.3) is 0 Å². The lowest BCUT2D eigenvalue weighted by Gasteiger charge is -2.18. The fourth-order valence-corrected chi connectivity index (χ4v) is 3.64. The molecule has 4 nitrogen and oxygen atoms in total. The van der Waals surface area contributed by atoms with Gasteiger partial charge in [-0.05, 0) is 50.1 Å². The van der Waals surface area contributed by atoms with Crippen molar-refractivity contribution in [3.63, 3.8) is 0 Å². The van der Waals surface area contributed by atoms with Gasteiger partial charge in [-0.15, -0.1) is 11.3 Å². The van der Waals surface area contributed by atoms with Gasteiger partial charge in [0.15, 0.2) is 0 Å². The van der Waals surface area contributed by atoms with Crippen LogP contribution in [-0.2, 0) is 0 Å². The fourth-order valence-electron chi connectivity index (χ4n) is 2.62. The van der Waals surface area contributed by atoms with Gasteiger partial charge in [0.1, 0.15) is 11.5 Å². The van der Waals surface area contributed by atoms with E-state index in [0.717, 1.165) is 5.56 Å². The van der Waals surface area contributed by atoms with Gasteiger partial charge in [-0.3, -0.25) is 0 Å². The van der Waals surface area contributed by atoms with Crippen LogP contribution >= 0.6 is 11.3 Å². The Hall–Kier alpha value is -1.56. The Bertz CT molecular complexity index is 631. The first-order valence-electron chi connectivity index (χ1n) is 7.66. The lowest BCUT2D eigenvalue weighted by molar-refractivity contribution is 0.170. The highest BCUT2D eigenvalue weighted by atomic mass is 32.1. The zero-order chi connectivity index (χ0) is 17.0. The van der Waals surface area contributed by atoms with Crippen molar-refractivity contribution in [2.75, 3.05) is 20.8 Å². The Kier molecular flexibility index (Phi) is 6.04. The first kappa shape index (κ1) is 17.8. The van der Waals surface area contributed by atoms with Crippen molar-refractivity contribution >= 4 is 11.3 Å². The summed E-state index contributed by atoms with van der Waals surface area (Å²) in [5.41, 5.74) is 2.07. The molecule has 0 saturated heterocycles. The van der Waals surface area contributed by atoms with E-state index < -0.39 is 6.10 Å². The van der Waals surface area contributed by atoms with E-state index in [1.165, 1.54) is 15.3 Å². The third-order valence-corrected chi connectivity index (χ3v) is 4.90. The number of aliphatic hydroxyl groups is 1. The number of methoxy groups -OCH3 is 2. The summed E-state index contributed by atoms with van der Waals surface area (Å²) in [6.07, 6.45) is -0.624. The second kappa shape index (κ2) is 7.81. The van der Waals surface area contributed by atoms with Gasteiger partial charge in [-0.25, -0.2) is 0 Å². The van der Waals surface area contributed by atoms with Crippen LogP contribution in [0.4, 0.5) is 0 Å². The minimum atomic E-state index is -0.624. The van der Waals surface area contributed by atoms with Gasteiger partial charge in [-0.2, -0.15) is 0 Å². The highest BCUT2D eigenvalue weighted by Gasteiger charge is 2.15. The standard InChI is InChI=1S/C18H25NO3S/c1-11-6-17(13(3)23-11)12(2)19-10-18(20)14-7-15(21-4)9-16(8-14)22-5/h6-9,12,18-20H,10H2,1-5H3. The topological polar surface area (TPSA) is 50.7 Å². The van der Waals surface area contributed by atoms with Crippen LogP contribution in [0.5, 0.6) is 11.5 Å². The summed E-state index contributed by atoms with van der Waals surface area (Å²) in [6.45, 7) is 6.83. The summed E-state index contributed by atoms with van der Waals surface area (Å²) in [5, 5.41) is 13.9. The predicted octanol–water partition coefficient (Wildman–Crippen LogP) is 3.77. The summed E-state index contributed by atoms with van der Waals surface area (Å²) >= 11 is 1.80. The molecule has 2 aromatic rings. The Balaban J connectivity index is 2.04. The van der Waals surface area contributed by atoms with E-state index in [-0.39, 0.29) is 6.04 Å². The zero-order valence-electron chi connectivity index (χ0n) is 14.3. The van der Waals surface area contributed by atoms with Crippen LogP contribution in [0.2, 0.25) is 0 Å². The van der Waals surface area contributed by atoms with E-state index >= 15 is 0 Å². The fraction of sp³-hybridized carbons (Fsp3) is 0.444. The molecule has 0 spiro atoms. The Morgan fingerprint density at radius 1 is 1.09 bits per heavy atom. The number of hydrogen-bond donors (Lipinski definition) is 2. The van der Waals surface area contributed by atoms with Crippen molar-refractivity contribution in [2.45, 2.75) is 32.9 Å². The molecule has 0 aliphatic heterocycles. The molecule has 126 valence electrons. The van der Waals surface area contributed by atoms with E-state index in [4.69, 9.17) is 9.47 Å². The van der Waals surface area contributed by atoms with Gasteiger partial charge in [0.2, 0.25) is 0 Å². The molecular weight excluding hydrogens is 310 g/mol. The molecule has 0 amide bonds. The van der Waals surface area contributed by atoms with Crippen molar-refractivity contribution < 1.29 is 14.6 Å². The van der Waals surface area contributed by atoms with E-state index in [9.17, 15) is 5.11 Å². The van der Waals surface area contributed by atoms with E-state index in [1.807, 2.05) is 12.1 Å². The van der Waals surface area contributed by atoms with E-state index in [0.29, 0.717) is 18.0 Å². The van der Waals surface area contributed by atoms with Crippen LogP contribution < -0.4 is 14.8 Å². The highest BCUT2D eigenvalue weighted by molar-refractivity contribution is 7.12. The normalized spacial score (nSPS) is 13.7. The average molecular weight is 335 g/mol. The minimum absolute atomic E-state index is 0.196. The number of aliphatic hydroxyl groups excluding tert-OH is 1. The van der Waals surface area contributed by atoms with E-state index in [2.05, 4.69) is 32.2 Å². The predicted molar refractivity (Wildman–Crippen MR) is 94.7 cm³/mol. The maximum absolute atomic E-state index is 10.5. The summed E-state index contributed by atoms with van der Waals surface area (Å²) in [5.74, 6) is 1.35. The van der Waals surface area contributed by atoms with Crippen molar-refractivity contribution in [3.05, 3.63) is 45.1 Å². The van der Waals surface area contributed by atoms with Crippen LogP contribution in [0.1, 0.15) is 40.0 Å². The molecule has 2 atom stereocenters. The molecule has 0 radical (unpaired) electrons. The molecule has 0 aliphatic carbocycles. The third kappa shape index (κ3) is 4.47. The second-order valence-corrected chi connectivity index (χ2v) is 7.12. The maximum atomic E-state index is 10.5. The van der Waals surface area contributed by atoms with Gasteiger partial charge < -0.3 is 19.9 Å². The van der Waals surface area contributed by atoms with Crippen molar-refractivity contribution in [3.8, 4) is 11.5 Å². The molecule has 0 aliphatic rings. The first-order valence-corrected chi connectivity index (χ1v) is 8.47. The number of thiophene rings is 1. The van der Waals surface area contributed by atoms with Crippen LogP contribution in [0, 0.1) is 13.8 Å². The van der Waals surface area contributed by atoms with Gasteiger partial charge >= 0.3 is 0 Å². The molecular formula is C18H25NO3S. The molecule has 1 aromatic heterocycles. The zero-order valence-corrected chi connectivity index (χ0v) is 15.2. The maximum Gasteiger partial charge on any atom is 0.122 e. The molecule has 2 unspecified atom stereocenters. The Labute approximate surface area is 142 Å². The lowest BCUT2D eigenvalue weighted by atomic mass is 10.1. The Morgan fingerprint density at radius 3 is 2.17 bits per heavy atom. The largest absolute Gasteiger partial charge is 0.497 e. The highest BCUT2D eigenvalue weighted by Crippen LogP contribution is 2.28. The molecule has 1 heterocycles. The molecule has 1 aromatic carbocycles. The smallest absolute Gasteiger partial charge is 0.122 e. The second-order valence-electron chi connectivity index (χ2n) is 5.66. The van der Waals surface area contributed by atoms with Gasteiger partial charge in [0, 0.05) is 28.4 Å². The Morgan fingerprint density at radius 2 is 1.70 bits per heavy atom. The van der Waals surface area contributed by atoms with Gasteiger partial charge in [-0.1, -0.05) is 0 Å². The summed E-state index contributed by atoms with van der Waals surface area (Å²) in [6, 6.07) is 7.86. The van der Waals surface area contributed by atoms with Crippen LogP contribution in [-0.4, -0.2) is 25.9 Å². The molecule has 23 heavy (non-hydrogen) atoms.